The van der Waals surface area contributed by atoms with Crippen LogP contribution in [0.2, 0.25) is 0 Å². The van der Waals surface area contributed by atoms with Gasteiger partial charge in [-0.15, -0.1) is 10.2 Å². The third kappa shape index (κ3) is 3.72. The molecule has 0 radical (unpaired) electrons. The summed E-state index contributed by atoms with van der Waals surface area (Å²) in [6.45, 7) is 3.82. The smallest absolute Gasteiger partial charge is 0.248 e. The van der Waals surface area contributed by atoms with E-state index in [0.717, 1.165) is 28.3 Å². The Morgan fingerprint density at radius 1 is 1.18 bits per heavy atom. The number of benzene rings is 1. The van der Waals surface area contributed by atoms with E-state index in [9.17, 15) is 4.79 Å². The predicted octanol–water partition coefficient (Wildman–Crippen LogP) is 4.17. The average Bonchev–Trinajstić information content (AvgIpc) is 3.44. The molecule has 142 valence electrons. The van der Waals surface area contributed by atoms with E-state index in [4.69, 9.17) is 4.42 Å². The zero-order valence-corrected chi connectivity index (χ0v) is 16.4. The molecule has 0 aliphatic heterocycles. The molecule has 3 aromatic heterocycles. The molecule has 3 heterocycles. The van der Waals surface area contributed by atoms with Crippen LogP contribution in [0.1, 0.15) is 23.7 Å². The number of carbonyl (C=O) groups excluding carboxylic acids is 1. The van der Waals surface area contributed by atoms with Crippen molar-refractivity contribution >= 4 is 22.9 Å². The van der Waals surface area contributed by atoms with Crippen molar-refractivity contribution in [2.45, 2.75) is 26.7 Å². The topological polar surface area (TPSA) is 85.8 Å². The number of aryl methyl sites for hydroxylation is 2. The molecule has 1 N–H and O–H groups in total. The first-order valence-electron chi connectivity index (χ1n) is 8.88. The van der Waals surface area contributed by atoms with Crippen LogP contribution in [0.4, 0.5) is 5.69 Å². The average molecular weight is 393 g/mol. The van der Waals surface area contributed by atoms with E-state index in [-0.39, 0.29) is 12.3 Å². The summed E-state index contributed by atoms with van der Waals surface area (Å²) in [4.78, 5) is 12.4. The molecule has 0 spiro atoms. The van der Waals surface area contributed by atoms with Gasteiger partial charge in [0.1, 0.15) is 0 Å². The van der Waals surface area contributed by atoms with Crippen LogP contribution in [0.25, 0.3) is 17.1 Å². The number of anilines is 1. The number of amides is 1. The van der Waals surface area contributed by atoms with Crippen molar-refractivity contribution in [1.82, 2.24) is 20.0 Å². The fourth-order valence-corrected chi connectivity index (χ4v) is 3.55. The maximum atomic E-state index is 12.4. The maximum Gasteiger partial charge on any atom is 0.248 e. The van der Waals surface area contributed by atoms with Gasteiger partial charge in [0.05, 0.1) is 22.8 Å². The fourth-order valence-electron chi connectivity index (χ4n) is 2.92. The van der Waals surface area contributed by atoms with Gasteiger partial charge in [-0.3, -0.25) is 4.79 Å². The molecule has 0 fully saturated rings. The molecule has 0 unspecified atom stereocenters. The molecule has 1 aromatic carbocycles. The van der Waals surface area contributed by atoms with Gasteiger partial charge in [0, 0.05) is 23.8 Å². The SMILES string of the molecule is Cc1nn(-c2ccccc2)c(C)c1NC(=O)CCc1nnc(-c2ccsc2)o1. The van der Waals surface area contributed by atoms with Gasteiger partial charge < -0.3 is 9.73 Å². The Morgan fingerprint density at radius 3 is 2.75 bits per heavy atom. The lowest BCUT2D eigenvalue weighted by Gasteiger charge is -2.06. The van der Waals surface area contributed by atoms with Crippen molar-refractivity contribution in [3.8, 4) is 17.1 Å². The Balaban J connectivity index is 1.41. The Kier molecular flexibility index (Phi) is 5.03. The van der Waals surface area contributed by atoms with Gasteiger partial charge in [0.15, 0.2) is 0 Å². The summed E-state index contributed by atoms with van der Waals surface area (Å²) >= 11 is 1.57. The molecular formula is C20H19N5O2S. The Morgan fingerprint density at radius 2 is 2.00 bits per heavy atom. The standard InChI is InChI=1S/C20H19N5O2S/c1-13-19(14(2)25(24-13)16-6-4-3-5-7-16)21-17(26)8-9-18-22-23-20(27-18)15-10-11-28-12-15/h3-7,10-12H,8-9H2,1-2H3,(H,21,26). The summed E-state index contributed by atoms with van der Waals surface area (Å²) in [5.41, 5.74) is 4.24. The van der Waals surface area contributed by atoms with Crippen LogP contribution in [-0.4, -0.2) is 25.9 Å². The molecule has 1 amide bonds. The number of nitrogens with zero attached hydrogens (tertiary/aromatic N) is 4. The Bertz CT molecular complexity index is 1080. The van der Waals surface area contributed by atoms with Crippen molar-refractivity contribution in [3.63, 3.8) is 0 Å². The van der Waals surface area contributed by atoms with E-state index in [1.54, 1.807) is 11.3 Å². The summed E-state index contributed by atoms with van der Waals surface area (Å²) in [5, 5.41) is 19.5. The zero-order chi connectivity index (χ0) is 19.5. The van der Waals surface area contributed by atoms with E-state index in [0.29, 0.717) is 18.2 Å². The van der Waals surface area contributed by atoms with Crippen LogP contribution in [0.3, 0.4) is 0 Å². The molecule has 0 saturated heterocycles. The van der Waals surface area contributed by atoms with Crippen LogP contribution in [0, 0.1) is 13.8 Å². The highest BCUT2D eigenvalue weighted by molar-refractivity contribution is 7.08. The van der Waals surface area contributed by atoms with Crippen molar-refractivity contribution in [3.05, 3.63) is 64.4 Å². The summed E-state index contributed by atoms with van der Waals surface area (Å²) in [5.74, 6) is 0.811. The molecule has 4 aromatic rings. The monoisotopic (exact) mass is 393 g/mol. The van der Waals surface area contributed by atoms with Crippen molar-refractivity contribution in [2.24, 2.45) is 0 Å². The number of hydrogen-bond acceptors (Lipinski definition) is 6. The Labute approximate surface area is 166 Å². The van der Waals surface area contributed by atoms with E-state index in [2.05, 4.69) is 20.6 Å². The first kappa shape index (κ1) is 18.1. The van der Waals surface area contributed by atoms with E-state index in [1.807, 2.05) is 65.7 Å². The molecule has 0 bridgehead atoms. The highest BCUT2D eigenvalue weighted by Gasteiger charge is 2.16. The molecule has 0 aliphatic carbocycles. The lowest BCUT2D eigenvalue weighted by atomic mass is 10.2. The molecule has 4 rings (SSSR count). The second-order valence-electron chi connectivity index (χ2n) is 6.35. The van der Waals surface area contributed by atoms with E-state index in [1.165, 1.54) is 0 Å². The second-order valence-corrected chi connectivity index (χ2v) is 7.13. The van der Waals surface area contributed by atoms with Crippen LogP contribution < -0.4 is 5.32 Å². The van der Waals surface area contributed by atoms with Gasteiger partial charge in [-0.25, -0.2) is 4.68 Å². The molecule has 8 heteroatoms. The van der Waals surface area contributed by atoms with E-state index >= 15 is 0 Å². The fraction of sp³-hybridized carbons (Fsp3) is 0.200. The van der Waals surface area contributed by atoms with Crippen LogP contribution in [0.15, 0.2) is 51.6 Å². The highest BCUT2D eigenvalue weighted by atomic mass is 32.1. The van der Waals surface area contributed by atoms with Gasteiger partial charge in [0.2, 0.25) is 17.7 Å². The maximum absolute atomic E-state index is 12.4. The summed E-state index contributed by atoms with van der Waals surface area (Å²) in [6.07, 6.45) is 0.633. The number of nitrogens with one attached hydrogen (secondary N) is 1. The quantitative estimate of drug-likeness (QED) is 0.531. The van der Waals surface area contributed by atoms with E-state index < -0.39 is 0 Å². The molecule has 28 heavy (non-hydrogen) atoms. The van der Waals surface area contributed by atoms with Crippen LogP contribution in [-0.2, 0) is 11.2 Å². The molecule has 0 atom stereocenters. The van der Waals surface area contributed by atoms with Crippen molar-refractivity contribution in [2.75, 3.05) is 5.32 Å². The lowest BCUT2D eigenvalue weighted by Crippen LogP contribution is -2.13. The minimum absolute atomic E-state index is 0.117. The van der Waals surface area contributed by atoms with Gasteiger partial charge >= 0.3 is 0 Å². The van der Waals surface area contributed by atoms with Gasteiger partial charge in [-0.2, -0.15) is 16.4 Å². The number of thiophene rings is 1. The number of para-hydroxylation sites is 1. The Hall–Kier alpha value is -3.26. The lowest BCUT2D eigenvalue weighted by molar-refractivity contribution is -0.116. The third-order valence-electron chi connectivity index (χ3n) is 4.36. The number of hydrogen-bond donors (Lipinski definition) is 1. The second kappa shape index (κ2) is 7.77. The molecule has 0 saturated carbocycles. The van der Waals surface area contributed by atoms with Crippen molar-refractivity contribution < 1.29 is 9.21 Å². The molecular weight excluding hydrogens is 374 g/mol. The summed E-state index contributed by atoms with van der Waals surface area (Å²) < 4.78 is 7.46. The highest BCUT2D eigenvalue weighted by Crippen LogP contribution is 2.23. The van der Waals surface area contributed by atoms with Gasteiger partial charge in [-0.1, -0.05) is 18.2 Å². The van der Waals surface area contributed by atoms with Gasteiger partial charge in [0.25, 0.3) is 0 Å². The largest absolute Gasteiger partial charge is 0.421 e. The third-order valence-corrected chi connectivity index (χ3v) is 5.04. The van der Waals surface area contributed by atoms with Gasteiger partial charge in [-0.05, 0) is 37.4 Å². The first-order chi connectivity index (χ1) is 13.6. The predicted molar refractivity (Wildman–Crippen MR) is 108 cm³/mol. The van der Waals surface area contributed by atoms with Crippen molar-refractivity contribution in [1.29, 1.82) is 0 Å². The first-order valence-corrected chi connectivity index (χ1v) is 9.82. The number of carbonyl (C=O) groups is 1. The van der Waals surface area contributed by atoms with Crippen LogP contribution >= 0.6 is 11.3 Å². The zero-order valence-electron chi connectivity index (χ0n) is 15.5. The number of aromatic nitrogens is 4. The summed E-state index contributed by atoms with van der Waals surface area (Å²) in [7, 11) is 0. The van der Waals surface area contributed by atoms with Crippen LogP contribution in [0.5, 0.6) is 0 Å². The molecule has 7 nitrogen and oxygen atoms in total. The molecule has 0 aliphatic rings. The summed E-state index contributed by atoms with van der Waals surface area (Å²) in [6, 6.07) is 11.7. The number of rotatable bonds is 6. The minimum atomic E-state index is -0.117. The normalized spacial score (nSPS) is 10.9. The minimum Gasteiger partial charge on any atom is -0.421 e.